The van der Waals surface area contributed by atoms with Crippen LogP contribution in [-0.4, -0.2) is 29.6 Å². The van der Waals surface area contributed by atoms with Crippen molar-refractivity contribution < 1.29 is 14.6 Å². The van der Waals surface area contributed by atoms with Crippen molar-refractivity contribution in [3.05, 3.63) is 83.4 Å². The molecule has 0 atom stereocenters. The van der Waals surface area contributed by atoms with E-state index in [-0.39, 0.29) is 16.9 Å². The molecule has 0 aromatic heterocycles. The Morgan fingerprint density at radius 3 is 2.43 bits per heavy atom. The molecule has 1 amide bonds. The summed E-state index contributed by atoms with van der Waals surface area (Å²) in [5.41, 5.74) is 8.26. The zero-order chi connectivity index (χ0) is 20.9. The van der Waals surface area contributed by atoms with Crippen molar-refractivity contribution in [2.24, 2.45) is 5.10 Å². The van der Waals surface area contributed by atoms with Crippen LogP contribution in [0.1, 0.15) is 28.9 Å². The molecule has 0 aliphatic heterocycles. The first-order valence-corrected chi connectivity index (χ1v) is 10.8. The van der Waals surface area contributed by atoms with Crippen LogP contribution in [0, 0.1) is 0 Å². The number of carbonyl (C=O) groups is 1. The SMILES string of the molecule is CCOc1cc(/C=N\NC(=O)CSC2c3ccccc3-c3ccccc32)ccc1O. The van der Waals surface area contributed by atoms with Crippen molar-refractivity contribution in [3.8, 4) is 22.6 Å². The number of hydrazone groups is 1. The topological polar surface area (TPSA) is 70.9 Å². The maximum Gasteiger partial charge on any atom is 0.250 e. The summed E-state index contributed by atoms with van der Waals surface area (Å²) >= 11 is 1.60. The highest BCUT2D eigenvalue weighted by molar-refractivity contribution is 8.00. The molecule has 0 spiro atoms. The van der Waals surface area contributed by atoms with Gasteiger partial charge in [0.25, 0.3) is 0 Å². The number of ether oxygens (including phenoxy) is 1. The molecule has 0 saturated heterocycles. The fraction of sp³-hybridized carbons (Fsp3) is 0.167. The molecule has 0 saturated carbocycles. The molecule has 3 aromatic carbocycles. The van der Waals surface area contributed by atoms with Gasteiger partial charge < -0.3 is 9.84 Å². The number of nitrogens with one attached hydrogen (secondary N) is 1. The number of amides is 1. The summed E-state index contributed by atoms with van der Waals surface area (Å²) in [6, 6.07) is 21.6. The lowest BCUT2D eigenvalue weighted by Gasteiger charge is -2.12. The van der Waals surface area contributed by atoms with E-state index in [0.717, 1.165) is 5.56 Å². The third-order valence-electron chi connectivity index (χ3n) is 4.84. The minimum Gasteiger partial charge on any atom is -0.504 e. The van der Waals surface area contributed by atoms with Crippen molar-refractivity contribution in [3.63, 3.8) is 0 Å². The number of benzene rings is 3. The van der Waals surface area contributed by atoms with Gasteiger partial charge in [0.05, 0.1) is 23.8 Å². The second-order valence-corrected chi connectivity index (χ2v) is 7.91. The Kier molecular flexibility index (Phi) is 6.05. The smallest absolute Gasteiger partial charge is 0.250 e. The Morgan fingerprint density at radius 1 is 1.10 bits per heavy atom. The minimum atomic E-state index is -0.165. The van der Waals surface area contributed by atoms with Crippen LogP contribution >= 0.6 is 11.8 Å². The van der Waals surface area contributed by atoms with Gasteiger partial charge in [-0.3, -0.25) is 4.79 Å². The first kappa shape index (κ1) is 20.0. The second-order valence-electron chi connectivity index (χ2n) is 6.82. The molecule has 0 radical (unpaired) electrons. The van der Waals surface area contributed by atoms with Gasteiger partial charge in [-0.2, -0.15) is 5.10 Å². The van der Waals surface area contributed by atoms with Crippen molar-refractivity contribution >= 4 is 23.9 Å². The first-order valence-electron chi connectivity index (χ1n) is 9.75. The standard InChI is InChI=1S/C24H22N2O3S/c1-2-29-22-13-16(11-12-21(22)27)14-25-26-23(28)15-30-24-19-9-5-3-7-17(19)18-8-4-6-10-20(18)24/h3-14,24,27H,2,15H2,1H3,(H,26,28)/b25-14-. The van der Waals surface area contributed by atoms with Crippen LogP contribution in [0.25, 0.3) is 11.1 Å². The Morgan fingerprint density at radius 2 is 1.77 bits per heavy atom. The fourth-order valence-electron chi connectivity index (χ4n) is 3.54. The Labute approximate surface area is 179 Å². The second kappa shape index (κ2) is 9.05. The van der Waals surface area contributed by atoms with E-state index >= 15 is 0 Å². The van der Waals surface area contributed by atoms with Crippen LogP contribution in [-0.2, 0) is 4.79 Å². The molecule has 1 aliphatic carbocycles. The van der Waals surface area contributed by atoms with Crippen molar-refractivity contribution in [1.29, 1.82) is 0 Å². The van der Waals surface area contributed by atoms with Crippen molar-refractivity contribution in [2.75, 3.05) is 12.4 Å². The summed E-state index contributed by atoms with van der Waals surface area (Å²) in [7, 11) is 0. The van der Waals surface area contributed by atoms with E-state index in [1.54, 1.807) is 30.0 Å². The number of thioether (sulfide) groups is 1. The first-order chi connectivity index (χ1) is 14.7. The Balaban J connectivity index is 1.38. The average Bonchev–Trinajstić information content (AvgIpc) is 3.08. The van der Waals surface area contributed by atoms with Crippen LogP contribution < -0.4 is 10.2 Å². The summed E-state index contributed by atoms with van der Waals surface area (Å²) in [5, 5.41) is 13.9. The Hall–Kier alpha value is -3.25. The lowest BCUT2D eigenvalue weighted by molar-refractivity contribution is -0.118. The number of rotatable bonds is 7. The largest absolute Gasteiger partial charge is 0.504 e. The van der Waals surface area contributed by atoms with Gasteiger partial charge >= 0.3 is 0 Å². The number of hydrogen-bond acceptors (Lipinski definition) is 5. The number of nitrogens with zero attached hydrogens (tertiary/aromatic N) is 1. The summed E-state index contributed by atoms with van der Waals surface area (Å²) in [6.07, 6.45) is 1.53. The van der Waals surface area contributed by atoms with Crippen LogP contribution in [0.15, 0.2) is 71.8 Å². The Bertz CT molecular complexity index is 1050. The number of phenolic OH excluding ortho intramolecular Hbond substituents is 1. The molecule has 5 nitrogen and oxygen atoms in total. The average molecular weight is 419 g/mol. The van der Waals surface area contributed by atoms with Gasteiger partial charge in [0.2, 0.25) is 5.91 Å². The zero-order valence-electron chi connectivity index (χ0n) is 16.5. The quantitative estimate of drug-likeness (QED) is 0.429. The zero-order valence-corrected chi connectivity index (χ0v) is 17.4. The highest BCUT2D eigenvalue weighted by Crippen LogP contribution is 2.49. The number of phenols is 1. The van der Waals surface area contributed by atoms with Crippen molar-refractivity contribution in [1.82, 2.24) is 5.43 Å². The number of aromatic hydroxyl groups is 1. The summed E-state index contributed by atoms with van der Waals surface area (Å²) in [6.45, 7) is 2.30. The molecule has 0 heterocycles. The van der Waals surface area contributed by atoms with E-state index in [2.05, 4.69) is 34.8 Å². The molecule has 6 heteroatoms. The lowest BCUT2D eigenvalue weighted by Crippen LogP contribution is -2.20. The highest BCUT2D eigenvalue weighted by Gasteiger charge is 2.28. The van der Waals surface area contributed by atoms with Gasteiger partial charge in [-0.1, -0.05) is 48.5 Å². The summed E-state index contributed by atoms with van der Waals surface area (Å²) in [4.78, 5) is 12.3. The minimum absolute atomic E-state index is 0.0755. The van der Waals surface area contributed by atoms with Crippen LogP contribution in [0.2, 0.25) is 0 Å². The normalized spacial score (nSPS) is 12.6. The summed E-state index contributed by atoms with van der Waals surface area (Å²) in [5.74, 6) is 0.597. The molecule has 3 aromatic rings. The molecule has 1 aliphatic rings. The predicted octanol–water partition coefficient (Wildman–Crippen LogP) is 4.74. The molecule has 2 N–H and O–H groups in total. The highest BCUT2D eigenvalue weighted by atomic mass is 32.2. The van der Waals surface area contributed by atoms with E-state index in [4.69, 9.17) is 4.74 Å². The van der Waals surface area contributed by atoms with Gasteiger partial charge in [0.15, 0.2) is 11.5 Å². The maximum atomic E-state index is 12.3. The van der Waals surface area contributed by atoms with Gasteiger partial charge in [0, 0.05) is 0 Å². The molecule has 152 valence electrons. The van der Waals surface area contributed by atoms with Crippen LogP contribution in [0.3, 0.4) is 0 Å². The van der Waals surface area contributed by atoms with Gasteiger partial charge in [-0.15, -0.1) is 11.8 Å². The molecule has 0 unspecified atom stereocenters. The monoisotopic (exact) mass is 418 g/mol. The van der Waals surface area contributed by atoms with Gasteiger partial charge in [-0.05, 0) is 52.9 Å². The van der Waals surface area contributed by atoms with E-state index in [1.807, 2.05) is 31.2 Å². The van der Waals surface area contributed by atoms with Gasteiger partial charge in [0.1, 0.15) is 0 Å². The lowest BCUT2D eigenvalue weighted by atomic mass is 10.1. The number of fused-ring (bicyclic) bond motifs is 3. The molecule has 4 rings (SSSR count). The van der Waals surface area contributed by atoms with E-state index in [9.17, 15) is 9.90 Å². The summed E-state index contributed by atoms with van der Waals surface area (Å²) < 4.78 is 5.36. The van der Waals surface area contributed by atoms with Gasteiger partial charge in [-0.25, -0.2) is 5.43 Å². The number of carbonyl (C=O) groups excluding carboxylic acids is 1. The maximum absolute atomic E-state index is 12.3. The third kappa shape index (κ3) is 4.19. The van der Waals surface area contributed by atoms with E-state index in [1.165, 1.54) is 28.5 Å². The van der Waals surface area contributed by atoms with Crippen LogP contribution in [0.5, 0.6) is 11.5 Å². The molecule has 30 heavy (non-hydrogen) atoms. The van der Waals surface area contributed by atoms with Crippen LogP contribution in [0.4, 0.5) is 0 Å². The number of hydrogen-bond donors (Lipinski definition) is 2. The fourth-order valence-corrected chi connectivity index (χ4v) is 4.69. The molecular weight excluding hydrogens is 396 g/mol. The molecule has 0 bridgehead atoms. The van der Waals surface area contributed by atoms with Crippen molar-refractivity contribution in [2.45, 2.75) is 12.2 Å². The third-order valence-corrected chi connectivity index (χ3v) is 6.11. The van der Waals surface area contributed by atoms with E-state index in [0.29, 0.717) is 18.1 Å². The molecule has 0 fully saturated rings. The van der Waals surface area contributed by atoms with E-state index < -0.39 is 0 Å². The molecular formula is C24H22N2O3S. The predicted molar refractivity (Wildman–Crippen MR) is 121 cm³/mol.